The first-order valence-corrected chi connectivity index (χ1v) is 5.83. The first-order valence-electron chi connectivity index (χ1n) is 4.38. The lowest BCUT2D eigenvalue weighted by atomic mass is 10.1. The molecule has 0 amide bonds. The third-order valence-electron chi connectivity index (χ3n) is 2.07. The van der Waals surface area contributed by atoms with Crippen LogP contribution in [0.2, 0.25) is 5.02 Å². The van der Waals surface area contributed by atoms with Crippen LogP contribution in [0.5, 0.6) is 0 Å². The van der Waals surface area contributed by atoms with Crippen molar-refractivity contribution in [3.8, 4) is 11.1 Å². The zero-order valence-electron chi connectivity index (χ0n) is 7.68. The predicted octanol–water partition coefficient (Wildman–Crippen LogP) is 4.75. The van der Waals surface area contributed by atoms with Crippen LogP contribution in [-0.2, 0) is 0 Å². The van der Waals surface area contributed by atoms with E-state index in [1.54, 1.807) is 6.07 Å². The van der Waals surface area contributed by atoms with Gasteiger partial charge in [0.15, 0.2) is 0 Å². The Morgan fingerprint density at radius 2 is 1.87 bits per heavy atom. The summed E-state index contributed by atoms with van der Waals surface area (Å²) in [6.45, 7) is 0. The van der Waals surface area contributed by atoms with Crippen LogP contribution in [0.1, 0.15) is 0 Å². The second-order valence-electron chi connectivity index (χ2n) is 3.13. The lowest BCUT2D eigenvalue weighted by Crippen LogP contribution is -1.84. The molecule has 0 N–H and O–H groups in total. The Hall–Kier alpha value is -0.610. The van der Waals surface area contributed by atoms with E-state index >= 15 is 0 Å². The number of halogens is 3. The number of hydrogen-bond acceptors (Lipinski definition) is 0. The minimum atomic E-state index is -0.217. The van der Waals surface area contributed by atoms with Crippen molar-refractivity contribution in [2.24, 2.45) is 0 Å². The van der Waals surface area contributed by atoms with Gasteiger partial charge in [0, 0.05) is 8.59 Å². The first-order chi connectivity index (χ1) is 7.16. The summed E-state index contributed by atoms with van der Waals surface area (Å²) in [5.74, 6) is -0.217. The van der Waals surface area contributed by atoms with Gasteiger partial charge in [0.05, 0.1) is 0 Å². The number of benzene rings is 2. The van der Waals surface area contributed by atoms with E-state index < -0.39 is 0 Å². The van der Waals surface area contributed by atoms with Gasteiger partial charge in [-0.3, -0.25) is 0 Å². The molecule has 0 fully saturated rings. The summed E-state index contributed by atoms with van der Waals surface area (Å²) in [5, 5.41) is 0.688. The Labute approximate surface area is 106 Å². The molecule has 2 aromatic rings. The first kappa shape index (κ1) is 10.9. The molecule has 0 bridgehead atoms. The van der Waals surface area contributed by atoms with Crippen molar-refractivity contribution in [3.63, 3.8) is 0 Å². The Balaban J connectivity index is 2.54. The molecule has 2 rings (SSSR count). The summed E-state index contributed by atoms with van der Waals surface area (Å²) in [5.41, 5.74) is 2.01. The summed E-state index contributed by atoms with van der Waals surface area (Å²) >= 11 is 8.02. The minimum absolute atomic E-state index is 0.217. The number of rotatable bonds is 1. The standard InChI is InChI=1S/C12H7ClFI/c13-9-3-1-2-8(6-9)11-5-4-10(14)7-12(11)15/h1-7H. The molecule has 0 aliphatic heterocycles. The molecule has 0 unspecified atom stereocenters. The molecule has 0 aliphatic rings. The van der Waals surface area contributed by atoms with Gasteiger partial charge in [-0.15, -0.1) is 0 Å². The second kappa shape index (κ2) is 4.49. The zero-order valence-corrected chi connectivity index (χ0v) is 10.6. The third kappa shape index (κ3) is 2.49. The van der Waals surface area contributed by atoms with Crippen molar-refractivity contribution in [2.75, 3.05) is 0 Å². The summed E-state index contributed by atoms with van der Waals surface area (Å²) < 4.78 is 13.8. The Bertz CT molecular complexity index is 497. The Morgan fingerprint density at radius 3 is 2.53 bits per heavy atom. The van der Waals surface area contributed by atoms with Crippen LogP contribution >= 0.6 is 34.2 Å². The van der Waals surface area contributed by atoms with Crippen LogP contribution in [0, 0.1) is 9.39 Å². The van der Waals surface area contributed by atoms with Crippen LogP contribution < -0.4 is 0 Å². The van der Waals surface area contributed by atoms with Crippen molar-refractivity contribution in [1.29, 1.82) is 0 Å². The smallest absolute Gasteiger partial charge is 0.124 e. The molecule has 0 atom stereocenters. The highest BCUT2D eigenvalue weighted by Gasteiger charge is 2.04. The predicted molar refractivity (Wildman–Crippen MR) is 69.6 cm³/mol. The lowest BCUT2D eigenvalue weighted by Gasteiger charge is -2.05. The van der Waals surface area contributed by atoms with Crippen molar-refractivity contribution < 1.29 is 4.39 Å². The second-order valence-corrected chi connectivity index (χ2v) is 4.73. The fourth-order valence-corrected chi connectivity index (χ4v) is 2.36. The Kier molecular flexibility index (Phi) is 3.26. The molecule has 0 aliphatic carbocycles. The maximum absolute atomic E-state index is 12.9. The molecule has 0 saturated carbocycles. The number of hydrogen-bond donors (Lipinski definition) is 0. The molecule has 3 heteroatoms. The highest BCUT2D eigenvalue weighted by atomic mass is 127. The fourth-order valence-electron chi connectivity index (χ4n) is 1.38. The maximum atomic E-state index is 12.9. The van der Waals surface area contributed by atoms with Crippen LogP contribution in [0.25, 0.3) is 11.1 Å². The van der Waals surface area contributed by atoms with Gasteiger partial charge in [0.2, 0.25) is 0 Å². The topological polar surface area (TPSA) is 0 Å². The molecule has 0 aromatic heterocycles. The fraction of sp³-hybridized carbons (Fsp3) is 0. The average molecular weight is 333 g/mol. The molecular weight excluding hydrogens is 325 g/mol. The summed E-state index contributed by atoms with van der Waals surface area (Å²) in [7, 11) is 0. The van der Waals surface area contributed by atoms with Crippen LogP contribution in [0.4, 0.5) is 4.39 Å². The highest BCUT2D eigenvalue weighted by Crippen LogP contribution is 2.27. The summed E-state index contributed by atoms with van der Waals surface area (Å²) in [4.78, 5) is 0. The van der Waals surface area contributed by atoms with E-state index in [2.05, 4.69) is 22.6 Å². The Morgan fingerprint density at radius 1 is 1.07 bits per heavy atom. The van der Waals surface area contributed by atoms with Gasteiger partial charge in [-0.25, -0.2) is 4.39 Å². The average Bonchev–Trinajstić information content (AvgIpc) is 2.17. The van der Waals surface area contributed by atoms with Gasteiger partial charge in [-0.2, -0.15) is 0 Å². The van der Waals surface area contributed by atoms with Crippen molar-refractivity contribution >= 4 is 34.2 Å². The van der Waals surface area contributed by atoms with E-state index in [0.29, 0.717) is 5.02 Å². The maximum Gasteiger partial charge on any atom is 0.124 e. The normalized spacial score (nSPS) is 10.3. The zero-order chi connectivity index (χ0) is 10.8. The van der Waals surface area contributed by atoms with Crippen molar-refractivity contribution in [2.45, 2.75) is 0 Å². The lowest BCUT2D eigenvalue weighted by molar-refractivity contribution is 0.627. The van der Waals surface area contributed by atoms with Gasteiger partial charge in [-0.05, 0) is 58.0 Å². The van der Waals surface area contributed by atoms with Crippen molar-refractivity contribution in [1.82, 2.24) is 0 Å². The van der Waals surface area contributed by atoms with E-state index in [9.17, 15) is 4.39 Å². The van der Waals surface area contributed by atoms with Gasteiger partial charge in [0.25, 0.3) is 0 Å². The quantitative estimate of drug-likeness (QED) is 0.661. The molecule has 0 spiro atoms. The molecule has 76 valence electrons. The van der Waals surface area contributed by atoms with Crippen LogP contribution in [0.15, 0.2) is 42.5 Å². The minimum Gasteiger partial charge on any atom is -0.207 e. The van der Waals surface area contributed by atoms with Crippen LogP contribution in [0.3, 0.4) is 0 Å². The molecule has 0 heterocycles. The van der Waals surface area contributed by atoms with Gasteiger partial charge in [0.1, 0.15) is 5.82 Å². The SMILES string of the molecule is Fc1ccc(-c2cccc(Cl)c2)c(I)c1. The molecule has 2 aromatic carbocycles. The molecular formula is C12H7ClFI. The van der Waals surface area contributed by atoms with Gasteiger partial charge < -0.3 is 0 Å². The molecule has 0 radical (unpaired) electrons. The highest BCUT2D eigenvalue weighted by molar-refractivity contribution is 14.1. The van der Waals surface area contributed by atoms with Crippen LogP contribution in [-0.4, -0.2) is 0 Å². The van der Waals surface area contributed by atoms with Crippen molar-refractivity contribution in [3.05, 3.63) is 56.9 Å². The van der Waals surface area contributed by atoms with E-state index in [1.165, 1.54) is 12.1 Å². The summed E-state index contributed by atoms with van der Waals surface area (Å²) in [6.07, 6.45) is 0. The van der Waals surface area contributed by atoms with E-state index in [-0.39, 0.29) is 5.82 Å². The van der Waals surface area contributed by atoms with E-state index in [0.717, 1.165) is 14.7 Å². The van der Waals surface area contributed by atoms with E-state index in [4.69, 9.17) is 11.6 Å². The largest absolute Gasteiger partial charge is 0.207 e. The molecule has 15 heavy (non-hydrogen) atoms. The molecule has 0 saturated heterocycles. The molecule has 0 nitrogen and oxygen atoms in total. The monoisotopic (exact) mass is 332 g/mol. The summed E-state index contributed by atoms with van der Waals surface area (Å²) in [6, 6.07) is 12.3. The van der Waals surface area contributed by atoms with E-state index in [1.807, 2.05) is 24.3 Å². The third-order valence-corrected chi connectivity index (χ3v) is 3.19. The van der Waals surface area contributed by atoms with Gasteiger partial charge in [-0.1, -0.05) is 29.8 Å². The van der Waals surface area contributed by atoms with Gasteiger partial charge >= 0.3 is 0 Å².